The molecule has 1 aliphatic rings. The van der Waals surface area contributed by atoms with Crippen LogP contribution in [0.15, 0.2) is 58.4 Å². The van der Waals surface area contributed by atoms with E-state index in [2.05, 4.69) is 20.0 Å². The number of rotatable bonds is 7. The summed E-state index contributed by atoms with van der Waals surface area (Å²) in [5, 5.41) is 2.85. The van der Waals surface area contributed by atoms with Crippen molar-refractivity contribution >= 4 is 50.2 Å². The predicted octanol–water partition coefficient (Wildman–Crippen LogP) is 3.79. The van der Waals surface area contributed by atoms with Crippen molar-refractivity contribution in [2.75, 3.05) is 18.1 Å². The molecule has 1 amide bonds. The Morgan fingerprint density at radius 2 is 1.88 bits per heavy atom. The minimum absolute atomic E-state index is 0.123. The van der Waals surface area contributed by atoms with Gasteiger partial charge in [-0.2, -0.15) is 11.8 Å². The van der Waals surface area contributed by atoms with E-state index in [1.165, 1.54) is 12.1 Å². The van der Waals surface area contributed by atoms with Crippen LogP contribution in [0.2, 0.25) is 0 Å². The Morgan fingerprint density at radius 3 is 2.67 bits per heavy atom. The summed E-state index contributed by atoms with van der Waals surface area (Å²) in [4.78, 5) is 21.8. The molecular formula is C23H27N5O3S2. The number of para-hydroxylation sites is 2. The van der Waals surface area contributed by atoms with Crippen molar-refractivity contribution in [1.29, 1.82) is 0 Å². The third kappa shape index (κ3) is 5.75. The minimum Gasteiger partial charge on any atom is -0.325 e. The summed E-state index contributed by atoms with van der Waals surface area (Å²) in [6, 6.07) is 13.9. The van der Waals surface area contributed by atoms with E-state index in [-0.39, 0.29) is 17.3 Å². The molecule has 0 fully saturated rings. The third-order valence-corrected chi connectivity index (χ3v) is 7.33. The maximum Gasteiger partial charge on any atom is 0.262 e. The number of benzene rings is 2. The van der Waals surface area contributed by atoms with Crippen molar-refractivity contribution in [2.45, 2.75) is 42.9 Å². The Bertz CT molecular complexity index is 1270. The Labute approximate surface area is 197 Å². The smallest absolute Gasteiger partial charge is 0.262 e. The molecule has 0 aliphatic carbocycles. The van der Waals surface area contributed by atoms with Gasteiger partial charge in [0.05, 0.1) is 21.7 Å². The number of sulfonamides is 1. The van der Waals surface area contributed by atoms with Crippen LogP contribution >= 0.6 is 11.8 Å². The number of imidazole rings is 1. The molecule has 0 spiro atoms. The van der Waals surface area contributed by atoms with Crippen LogP contribution in [0.3, 0.4) is 0 Å². The van der Waals surface area contributed by atoms with E-state index in [9.17, 15) is 13.2 Å². The van der Waals surface area contributed by atoms with Crippen LogP contribution in [0.4, 0.5) is 5.69 Å². The first-order valence-electron chi connectivity index (χ1n) is 10.9. The molecule has 8 nitrogen and oxygen atoms in total. The van der Waals surface area contributed by atoms with Crippen LogP contribution < -0.4 is 10.0 Å². The lowest BCUT2D eigenvalue weighted by Crippen LogP contribution is -2.30. The molecule has 0 radical (unpaired) electrons. The lowest BCUT2D eigenvalue weighted by atomic mass is 10.2. The average molecular weight is 486 g/mol. The number of carbonyl (C=O) groups excluding carboxylic acids is 1. The summed E-state index contributed by atoms with van der Waals surface area (Å²) in [7, 11) is -3.71. The molecule has 174 valence electrons. The van der Waals surface area contributed by atoms with E-state index in [0.29, 0.717) is 30.2 Å². The Kier molecular flexibility index (Phi) is 7.34. The van der Waals surface area contributed by atoms with E-state index in [0.717, 1.165) is 36.1 Å². The summed E-state index contributed by atoms with van der Waals surface area (Å²) in [6.07, 6.45) is 5.59. The predicted molar refractivity (Wildman–Crippen MR) is 133 cm³/mol. The second-order valence-corrected chi connectivity index (χ2v) is 10.4. The fraction of sp³-hybridized carbons (Fsp3) is 0.348. The first kappa shape index (κ1) is 23.3. The Balaban J connectivity index is 1.44. The molecule has 0 unspecified atom stereocenters. The molecule has 4 rings (SSSR count). The van der Waals surface area contributed by atoms with Gasteiger partial charge >= 0.3 is 0 Å². The molecule has 1 aromatic heterocycles. The molecule has 33 heavy (non-hydrogen) atoms. The van der Waals surface area contributed by atoms with E-state index in [4.69, 9.17) is 0 Å². The number of hydrogen-bond donors (Lipinski definition) is 2. The van der Waals surface area contributed by atoms with Crippen LogP contribution in [0.5, 0.6) is 0 Å². The molecule has 0 bridgehead atoms. The normalized spacial score (nSPS) is 14.5. The van der Waals surface area contributed by atoms with Crippen molar-refractivity contribution in [1.82, 2.24) is 14.3 Å². The molecular weight excluding hydrogens is 458 g/mol. The fourth-order valence-corrected chi connectivity index (χ4v) is 5.34. The molecule has 0 saturated carbocycles. The fourth-order valence-electron chi connectivity index (χ4n) is 3.77. The molecule has 0 atom stereocenters. The van der Waals surface area contributed by atoms with Crippen molar-refractivity contribution < 1.29 is 13.2 Å². The van der Waals surface area contributed by atoms with E-state index in [1.54, 1.807) is 23.9 Å². The maximum absolute atomic E-state index is 12.7. The van der Waals surface area contributed by atoms with E-state index >= 15 is 0 Å². The SMILES string of the molecule is CSCc1nc2ccccc2n1CC(=O)Nc1ccc(S(=O)(=O)NC2=NCCCCC2)cc1. The number of amides is 1. The second kappa shape index (κ2) is 10.4. The first-order valence-corrected chi connectivity index (χ1v) is 13.7. The number of aliphatic imine (C=N–C) groups is 1. The van der Waals surface area contributed by atoms with Gasteiger partial charge in [0.15, 0.2) is 0 Å². The number of fused-ring (bicyclic) bond motifs is 1. The number of nitrogens with one attached hydrogen (secondary N) is 2. The van der Waals surface area contributed by atoms with Gasteiger partial charge in [0, 0.05) is 18.7 Å². The molecule has 2 aromatic carbocycles. The van der Waals surface area contributed by atoms with Crippen LogP contribution in [-0.4, -0.2) is 42.5 Å². The van der Waals surface area contributed by atoms with E-state index in [1.807, 2.05) is 35.1 Å². The van der Waals surface area contributed by atoms with Gasteiger partial charge in [-0.1, -0.05) is 18.6 Å². The quantitative estimate of drug-likeness (QED) is 0.530. The Hall–Kier alpha value is -2.85. The standard InChI is InChI=1S/C23H27N5O3S2/c1-32-16-22-26-19-7-4-5-8-20(19)28(22)15-23(29)25-17-10-12-18(13-11-17)33(30,31)27-21-9-3-2-6-14-24-21/h4-5,7-8,10-13H,2-3,6,9,14-16H2,1H3,(H,24,27)(H,25,29). The highest BCUT2D eigenvalue weighted by molar-refractivity contribution is 7.97. The lowest BCUT2D eigenvalue weighted by Gasteiger charge is -2.12. The zero-order valence-electron chi connectivity index (χ0n) is 18.5. The topological polar surface area (TPSA) is 105 Å². The van der Waals surface area contributed by atoms with Crippen molar-refractivity contribution in [3.8, 4) is 0 Å². The van der Waals surface area contributed by atoms with Crippen LogP contribution in [0.1, 0.15) is 31.5 Å². The summed E-state index contributed by atoms with van der Waals surface area (Å²) < 4.78 is 29.9. The molecule has 0 saturated heterocycles. The number of amidine groups is 1. The van der Waals surface area contributed by atoms with Gasteiger partial charge in [0.1, 0.15) is 18.2 Å². The molecule has 2 N–H and O–H groups in total. The van der Waals surface area contributed by atoms with Crippen LogP contribution in [-0.2, 0) is 27.1 Å². The van der Waals surface area contributed by atoms with Crippen LogP contribution in [0, 0.1) is 0 Å². The summed E-state index contributed by atoms with van der Waals surface area (Å²) in [5.74, 6) is 1.85. The number of aromatic nitrogens is 2. The first-order chi connectivity index (χ1) is 16.0. The molecule has 3 aromatic rings. The largest absolute Gasteiger partial charge is 0.325 e. The lowest BCUT2D eigenvalue weighted by molar-refractivity contribution is -0.116. The van der Waals surface area contributed by atoms with Gasteiger partial charge in [-0.05, 0) is 55.5 Å². The van der Waals surface area contributed by atoms with Gasteiger partial charge in [-0.25, -0.2) is 13.4 Å². The minimum atomic E-state index is -3.71. The monoisotopic (exact) mass is 485 g/mol. The number of nitrogens with zero attached hydrogens (tertiary/aromatic N) is 3. The molecule has 1 aliphatic heterocycles. The maximum atomic E-state index is 12.7. The summed E-state index contributed by atoms with van der Waals surface area (Å²) in [5.41, 5.74) is 2.29. The number of hydrogen-bond acceptors (Lipinski definition) is 6. The van der Waals surface area contributed by atoms with Gasteiger partial charge in [-0.15, -0.1) is 0 Å². The van der Waals surface area contributed by atoms with E-state index < -0.39 is 10.0 Å². The van der Waals surface area contributed by atoms with Crippen molar-refractivity contribution in [3.63, 3.8) is 0 Å². The highest BCUT2D eigenvalue weighted by Crippen LogP contribution is 2.20. The van der Waals surface area contributed by atoms with Gasteiger partial charge in [-0.3, -0.25) is 14.5 Å². The number of anilines is 1. The molecule has 10 heteroatoms. The summed E-state index contributed by atoms with van der Waals surface area (Å²) in [6.45, 7) is 0.769. The second-order valence-electron chi connectivity index (χ2n) is 7.85. The zero-order chi connectivity index (χ0) is 23.3. The van der Waals surface area contributed by atoms with Crippen molar-refractivity contribution in [2.24, 2.45) is 4.99 Å². The van der Waals surface area contributed by atoms with Gasteiger partial charge in [0.25, 0.3) is 10.0 Å². The average Bonchev–Trinajstić information content (AvgIpc) is 2.95. The zero-order valence-corrected chi connectivity index (χ0v) is 20.1. The van der Waals surface area contributed by atoms with Crippen molar-refractivity contribution in [3.05, 3.63) is 54.4 Å². The molecule has 2 heterocycles. The third-order valence-electron chi connectivity index (χ3n) is 5.38. The highest BCUT2D eigenvalue weighted by Gasteiger charge is 2.18. The van der Waals surface area contributed by atoms with Gasteiger partial charge < -0.3 is 9.88 Å². The number of thioether (sulfide) groups is 1. The highest BCUT2D eigenvalue weighted by atomic mass is 32.2. The van der Waals surface area contributed by atoms with Gasteiger partial charge in [0.2, 0.25) is 5.91 Å². The number of carbonyl (C=O) groups is 1. The van der Waals surface area contributed by atoms with Crippen LogP contribution in [0.25, 0.3) is 11.0 Å². The summed E-state index contributed by atoms with van der Waals surface area (Å²) >= 11 is 1.65. The Morgan fingerprint density at radius 1 is 1.09 bits per heavy atom.